The summed E-state index contributed by atoms with van der Waals surface area (Å²) in [5, 5.41) is 44.4. The maximum Gasteiger partial charge on any atom is 0.251 e. The number of carbonyl (C=O) groups excluding carboxylic acids is 1. The zero-order valence-electron chi connectivity index (χ0n) is 19.4. The molecule has 0 saturated heterocycles. The average molecular weight is 476 g/mol. The van der Waals surface area contributed by atoms with Gasteiger partial charge in [0.2, 0.25) is 0 Å². The van der Waals surface area contributed by atoms with Crippen molar-refractivity contribution in [2.45, 2.75) is 31.3 Å². The number of aromatic nitrogens is 2. The quantitative estimate of drug-likeness (QED) is 0.251. The van der Waals surface area contributed by atoms with Crippen molar-refractivity contribution in [2.75, 3.05) is 13.2 Å². The molecule has 0 bridgehead atoms. The van der Waals surface area contributed by atoms with Gasteiger partial charge in [0.15, 0.2) is 11.4 Å². The van der Waals surface area contributed by atoms with Crippen molar-refractivity contribution in [1.82, 2.24) is 14.9 Å². The third-order valence-corrected chi connectivity index (χ3v) is 5.88. The Balaban J connectivity index is 1.94. The van der Waals surface area contributed by atoms with Crippen LogP contribution in [0.5, 0.6) is 0 Å². The van der Waals surface area contributed by atoms with Crippen LogP contribution >= 0.6 is 0 Å². The van der Waals surface area contributed by atoms with Crippen LogP contribution in [0.3, 0.4) is 0 Å². The molecule has 4 rings (SSSR count). The highest BCUT2D eigenvalue weighted by Gasteiger charge is 2.39. The van der Waals surface area contributed by atoms with E-state index < -0.39 is 24.4 Å². The summed E-state index contributed by atoms with van der Waals surface area (Å²) in [5.74, 6) is -0.120. The molecule has 0 aliphatic heterocycles. The molecule has 0 spiro atoms. The van der Waals surface area contributed by atoms with Gasteiger partial charge in [0.05, 0.1) is 36.4 Å². The van der Waals surface area contributed by atoms with Crippen LogP contribution in [-0.2, 0) is 12.1 Å². The number of fused-ring (bicyclic) bond motifs is 1. The molecule has 1 unspecified atom stereocenters. The van der Waals surface area contributed by atoms with E-state index in [2.05, 4.69) is 5.32 Å². The second-order valence-electron chi connectivity index (χ2n) is 8.59. The van der Waals surface area contributed by atoms with Crippen LogP contribution in [0.15, 0.2) is 78.9 Å². The molecule has 0 radical (unpaired) electrons. The first-order valence-electron chi connectivity index (χ1n) is 11.4. The highest BCUT2D eigenvalue weighted by Crippen LogP contribution is 2.38. The molecule has 1 heterocycles. The molecule has 0 fully saturated rings. The number of nitrogens with one attached hydrogen (secondary N) is 1. The van der Waals surface area contributed by atoms with Crippen LogP contribution in [0, 0.1) is 0 Å². The number of aliphatic hydroxyl groups is 4. The zero-order valence-corrected chi connectivity index (χ0v) is 19.4. The van der Waals surface area contributed by atoms with Crippen molar-refractivity contribution in [3.63, 3.8) is 0 Å². The van der Waals surface area contributed by atoms with E-state index in [0.29, 0.717) is 27.7 Å². The summed E-state index contributed by atoms with van der Waals surface area (Å²) in [4.78, 5) is 17.4. The van der Waals surface area contributed by atoms with Crippen molar-refractivity contribution < 1.29 is 25.2 Å². The van der Waals surface area contributed by atoms with Crippen LogP contribution in [-0.4, -0.2) is 61.2 Å². The van der Waals surface area contributed by atoms with Crippen molar-refractivity contribution >= 4 is 16.9 Å². The summed E-state index contributed by atoms with van der Waals surface area (Å²) in [5.41, 5.74) is 0.857. The molecule has 3 aromatic carbocycles. The third kappa shape index (κ3) is 4.96. The molecule has 35 heavy (non-hydrogen) atoms. The Morgan fingerprint density at radius 3 is 2.14 bits per heavy atom. The van der Waals surface area contributed by atoms with Crippen LogP contribution in [0.4, 0.5) is 0 Å². The molecule has 0 saturated carbocycles. The van der Waals surface area contributed by atoms with Gasteiger partial charge in [0.1, 0.15) is 0 Å². The Morgan fingerprint density at radius 2 is 1.60 bits per heavy atom. The van der Waals surface area contributed by atoms with Crippen molar-refractivity contribution in [2.24, 2.45) is 0 Å². The molecular formula is C27H29N3O5. The Hall–Kier alpha value is -3.56. The number of rotatable bonds is 9. The molecule has 8 heteroatoms. The number of nitrogens with zero attached hydrogens (tertiary/aromatic N) is 2. The van der Waals surface area contributed by atoms with E-state index in [1.165, 1.54) is 0 Å². The Morgan fingerprint density at radius 1 is 1.00 bits per heavy atom. The van der Waals surface area contributed by atoms with Crippen LogP contribution in [0.2, 0.25) is 0 Å². The van der Waals surface area contributed by atoms with Crippen LogP contribution in [0.25, 0.3) is 11.0 Å². The first-order chi connectivity index (χ1) is 16.8. The third-order valence-electron chi connectivity index (χ3n) is 5.88. The fraction of sp³-hybridized carbons (Fsp3) is 0.259. The van der Waals surface area contributed by atoms with E-state index in [-0.39, 0.29) is 24.8 Å². The first kappa shape index (κ1) is 24.6. The van der Waals surface area contributed by atoms with Gasteiger partial charge in [-0.15, -0.1) is 0 Å². The molecule has 0 aliphatic carbocycles. The molecule has 2 atom stereocenters. The highest BCUT2D eigenvalue weighted by molar-refractivity contribution is 5.97. The fourth-order valence-corrected chi connectivity index (χ4v) is 4.12. The predicted molar refractivity (Wildman–Crippen MR) is 132 cm³/mol. The summed E-state index contributed by atoms with van der Waals surface area (Å²) < 4.78 is 1.64. The lowest BCUT2D eigenvalue weighted by Crippen LogP contribution is -2.34. The lowest BCUT2D eigenvalue weighted by atomic mass is 9.85. The van der Waals surface area contributed by atoms with Gasteiger partial charge in [-0.25, -0.2) is 4.98 Å². The minimum atomic E-state index is -1.68. The van der Waals surface area contributed by atoms with Gasteiger partial charge >= 0.3 is 0 Å². The standard InChI is InChI=1S/C27H29N3O5/c1-18(32)15-28-25(34)19-12-13-23-24(14-19)30(16-22(33)17-31)26(29-23)27(35,20-8-4-2-5-9-20)21-10-6-3-7-11-21/h2-14,18,22,31-33,35H,15-17H2,1H3,(H,28,34)/t18-,22?/m1/s1. The summed E-state index contributed by atoms with van der Waals surface area (Å²) >= 11 is 0. The lowest BCUT2D eigenvalue weighted by molar-refractivity contribution is 0.0725. The smallest absolute Gasteiger partial charge is 0.251 e. The minimum Gasteiger partial charge on any atom is -0.394 e. The van der Waals surface area contributed by atoms with Gasteiger partial charge in [-0.2, -0.15) is 0 Å². The van der Waals surface area contributed by atoms with Crippen molar-refractivity contribution in [3.05, 3.63) is 101 Å². The highest BCUT2D eigenvalue weighted by atomic mass is 16.3. The molecule has 8 nitrogen and oxygen atoms in total. The number of amides is 1. The molecule has 182 valence electrons. The van der Waals surface area contributed by atoms with Gasteiger partial charge in [0.25, 0.3) is 5.91 Å². The topological polar surface area (TPSA) is 128 Å². The van der Waals surface area contributed by atoms with Gasteiger partial charge in [-0.1, -0.05) is 60.7 Å². The summed E-state index contributed by atoms with van der Waals surface area (Å²) in [6.07, 6.45) is -1.80. The van der Waals surface area contributed by atoms with Crippen LogP contribution < -0.4 is 5.32 Å². The molecule has 0 aliphatic rings. The number of carbonyl (C=O) groups is 1. The molecular weight excluding hydrogens is 446 g/mol. The number of imidazole rings is 1. The molecule has 1 aromatic heterocycles. The molecule has 5 N–H and O–H groups in total. The monoisotopic (exact) mass is 475 g/mol. The predicted octanol–water partition coefficient (Wildman–Crippen LogP) is 1.78. The van der Waals surface area contributed by atoms with E-state index in [0.717, 1.165) is 0 Å². The number of benzene rings is 3. The van der Waals surface area contributed by atoms with Crippen LogP contribution in [0.1, 0.15) is 34.2 Å². The summed E-state index contributed by atoms with van der Waals surface area (Å²) in [6, 6.07) is 23.1. The van der Waals surface area contributed by atoms with E-state index >= 15 is 0 Å². The van der Waals surface area contributed by atoms with E-state index in [4.69, 9.17) is 4.98 Å². The number of hydrogen-bond donors (Lipinski definition) is 5. The van der Waals surface area contributed by atoms with Gasteiger partial charge in [0, 0.05) is 12.1 Å². The summed E-state index contributed by atoms with van der Waals surface area (Å²) in [7, 11) is 0. The van der Waals surface area contributed by atoms with Gasteiger partial charge in [-0.3, -0.25) is 4.79 Å². The number of hydrogen-bond acceptors (Lipinski definition) is 6. The molecule has 4 aromatic rings. The lowest BCUT2D eigenvalue weighted by Gasteiger charge is -2.30. The maximum atomic E-state index is 12.6. The van der Waals surface area contributed by atoms with Crippen molar-refractivity contribution in [1.29, 1.82) is 0 Å². The fourth-order valence-electron chi connectivity index (χ4n) is 4.12. The second-order valence-corrected chi connectivity index (χ2v) is 8.59. The normalized spacial score (nSPS) is 13.5. The molecule has 1 amide bonds. The van der Waals surface area contributed by atoms with Gasteiger partial charge in [-0.05, 0) is 36.2 Å². The van der Waals surface area contributed by atoms with Gasteiger partial charge < -0.3 is 30.3 Å². The summed E-state index contributed by atoms with van der Waals surface area (Å²) in [6.45, 7) is 1.15. The maximum absolute atomic E-state index is 12.6. The average Bonchev–Trinajstić information content (AvgIpc) is 3.25. The minimum absolute atomic E-state index is 0.0525. The SMILES string of the molecule is C[C@@H](O)CNC(=O)c1ccc2nc(C(O)(c3ccccc3)c3ccccc3)n(CC(O)CO)c2c1. The zero-order chi connectivity index (χ0) is 25.0. The van der Waals surface area contributed by atoms with E-state index in [9.17, 15) is 25.2 Å². The Kier molecular flexibility index (Phi) is 7.28. The van der Waals surface area contributed by atoms with Crippen molar-refractivity contribution in [3.8, 4) is 0 Å². The first-order valence-corrected chi connectivity index (χ1v) is 11.4. The Bertz CT molecular complexity index is 1250. The van der Waals surface area contributed by atoms with E-state index in [1.807, 2.05) is 36.4 Å². The Labute approximate surface area is 203 Å². The second kappa shape index (κ2) is 10.4. The number of aliphatic hydroxyl groups excluding tert-OH is 3. The largest absolute Gasteiger partial charge is 0.394 e. The van der Waals surface area contributed by atoms with E-state index in [1.54, 1.807) is 54.0 Å².